The summed E-state index contributed by atoms with van der Waals surface area (Å²) in [5.74, 6) is -0.894. The number of ether oxygens (including phenoxy) is 1. The Morgan fingerprint density at radius 1 is 1.50 bits per heavy atom. The van der Waals surface area contributed by atoms with Crippen molar-refractivity contribution in [3.8, 4) is 0 Å². The van der Waals surface area contributed by atoms with Crippen LogP contribution in [0.5, 0.6) is 0 Å². The first-order valence-corrected chi connectivity index (χ1v) is 5.14. The van der Waals surface area contributed by atoms with E-state index in [0.717, 1.165) is 25.9 Å². The highest BCUT2D eigenvalue weighted by Gasteiger charge is 2.07. The Morgan fingerprint density at radius 3 is 2.57 bits per heavy atom. The summed E-state index contributed by atoms with van der Waals surface area (Å²) in [6.45, 7) is 8.25. The predicted molar refractivity (Wildman–Crippen MR) is 56.3 cm³/mol. The second-order valence-electron chi connectivity index (χ2n) is 3.29. The lowest BCUT2D eigenvalue weighted by atomic mass is 10.1. The molecule has 14 heavy (non-hydrogen) atoms. The van der Waals surface area contributed by atoms with Crippen molar-refractivity contribution >= 4 is 5.97 Å². The van der Waals surface area contributed by atoms with Gasteiger partial charge in [-0.05, 0) is 32.6 Å². The Bertz CT molecular complexity index is 187. The van der Waals surface area contributed by atoms with Crippen molar-refractivity contribution in [2.75, 3.05) is 6.61 Å². The molecule has 3 nitrogen and oxygen atoms in total. The van der Waals surface area contributed by atoms with Gasteiger partial charge in [0.05, 0.1) is 6.10 Å². The lowest BCUT2D eigenvalue weighted by molar-refractivity contribution is -0.132. The Kier molecular flexibility index (Phi) is 7.11. The Balaban J connectivity index is 3.60. The average molecular weight is 200 g/mol. The van der Waals surface area contributed by atoms with Crippen LogP contribution in [0.3, 0.4) is 0 Å². The SMILES string of the molecule is C=C(CCCC(CC)OCC)C(=O)O. The lowest BCUT2D eigenvalue weighted by Gasteiger charge is -2.14. The minimum absolute atomic E-state index is 0.265. The number of hydrogen-bond donors (Lipinski definition) is 1. The van der Waals surface area contributed by atoms with Crippen LogP contribution in [0.2, 0.25) is 0 Å². The highest BCUT2D eigenvalue weighted by Crippen LogP contribution is 2.11. The highest BCUT2D eigenvalue weighted by molar-refractivity contribution is 5.85. The summed E-state index contributed by atoms with van der Waals surface area (Å²) in [6, 6.07) is 0. The fourth-order valence-corrected chi connectivity index (χ4v) is 1.29. The number of carboxylic acid groups (broad SMARTS) is 1. The molecule has 0 rings (SSSR count). The number of carbonyl (C=O) groups is 1. The molecular formula is C11H20O3. The first kappa shape index (κ1) is 13.2. The van der Waals surface area contributed by atoms with E-state index in [1.807, 2.05) is 6.92 Å². The predicted octanol–water partition coefficient (Wildman–Crippen LogP) is 2.61. The summed E-state index contributed by atoms with van der Waals surface area (Å²) in [6.07, 6.45) is 3.55. The largest absolute Gasteiger partial charge is 0.478 e. The summed E-state index contributed by atoms with van der Waals surface area (Å²) in [5.41, 5.74) is 0.288. The molecular weight excluding hydrogens is 180 g/mol. The van der Waals surface area contributed by atoms with Crippen LogP contribution in [0.25, 0.3) is 0 Å². The van der Waals surface area contributed by atoms with Gasteiger partial charge in [0.25, 0.3) is 0 Å². The van der Waals surface area contributed by atoms with Gasteiger partial charge in [-0.3, -0.25) is 0 Å². The van der Waals surface area contributed by atoms with Crippen molar-refractivity contribution < 1.29 is 14.6 Å². The van der Waals surface area contributed by atoms with Gasteiger partial charge in [0.2, 0.25) is 0 Å². The molecule has 0 aromatic rings. The highest BCUT2D eigenvalue weighted by atomic mass is 16.5. The summed E-state index contributed by atoms with van der Waals surface area (Å²) >= 11 is 0. The molecule has 0 bridgehead atoms. The Hall–Kier alpha value is -0.830. The van der Waals surface area contributed by atoms with Crippen molar-refractivity contribution in [3.63, 3.8) is 0 Å². The van der Waals surface area contributed by atoms with Crippen LogP contribution < -0.4 is 0 Å². The standard InChI is InChI=1S/C11H20O3/c1-4-10(14-5-2)8-6-7-9(3)11(12)13/h10H,3-8H2,1-2H3,(H,12,13). The smallest absolute Gasteiger partial charge is 0.330 e. The van der Waals surface area contributed by atoms with E-state index in [1.165, 1.54) is 0 Å². The van der Waals surface area contributed by atoms with E-state index in [9.17, 15) is 4.79 Å². The van der Waals surface area contributed by atoms with Gasteiger partial charge in [0.15, 0.2) is 0 Å². The third-order valence-corrected chi connectivity index (χ3v) is 2.16. The van der Waals surface area contributed by atoms with Crippen LogP contribution in [-0.4, -0.2) is 23.8 Å². The maximum Gasteiger partial charge on any atom is 0.330 e. The zero-order valence-corrected chi connectivity index (χ0v) is 9.08. The topological polar surface area (TPSA) is 46.5 Å². The fourth-order valence-electron chi connectivity index (χ4n) is 1.29. The lowest BCUT2D eigenvalue weighted by Crippen LogP contribution is -2.11. The zero-order valence-electron chi connectivity index (χ0n) is 9.08. The molecule has 0 aromatic carbocycles. The van der Waals surface area contributed by atoms with Gasteiger partial charge in [0.1, 0.15) is 0 Å². The maximum absolute atomic E-state index is 10.4. The number of aliphatic carboxylic acids is 1. The van der Waals surface area contributed by atoms with E-state index >= 15 is 0 Å². The van der Waals surface area contributed by atoms with E-state index in [0.29, 0.717) is 6.42 Å². The molecule has 0 saturated carbocycles. The van der Waals surface area contributed by atoms with E-state index in [4.69, 9.17) is 9.84 Å². The molecule has 0 aliphatic carbocycles. The van der Waals surface area contributed by atoms with E-state index in [-0.39, 0.29) is 11.7 Å². The monoisotopic (exact) mass is 200 g/mol. The molecule has 0 amide bonds. The molecule has 0 radical (unpaired) electrons. The molecule has 0 spiro atoms. The molecule has 1 unspecified atom stereocenters. The molecule has 0 heterocycles. The molecule has 0 aliphatic heterocycles. The van der Waals surface area contributed by atoms with Gasteiger partial charge in [-0.1, -0.05) is 13.5 Å². The van der Waals surface area contributed by atoms with E-state index in [1.54, 1.807) is 0 Å². The molecule has 1 N–H and O–H groups in total. The molecule has 0 aromatic heterocycles. The van der Waals surface area contributed by atoms with Gasteiger partial charge in [-0.2, -0.15) is 0 Å². The Morgan fingerprint density at radius 2 is 2.14 bits per heavy atom. The van der Waals surface area contributed by atoms with Crippen LogP contribution in [0, 0.1) is 0 Å². The van der Waals surface area contributed by atoms with Crippen molar-refractivity contribution in [3.05, 3.63) is 12.2 Å². The molecule has 0 aliphatic rings. The van der Waals surface area contributed by atoms with Crippen LogP contribution >= 0.6 is 0 Å². The van der Waals surface area contributed by atoms with Gasteiger partial charge in [0, 0.05) is 12.2 Å². The van der Waals surface area contributed by atoms with Crippen molar-refractivity contribution in [2.45, 2.75) is 45.6 Å². The normalized spacial score (nSPS) is 12.4. The molecule has 0 saturated heterocycles. The number of carboxylic acids is 1. The van der Waals surface area contributed by atoms with E-state index < -0.39 is 5.97 Å². The average Bonchev–Trinajstić information content (AvgIpc) is 2.16. The Labute approximate surface area is 85.8 Å². The van der Waals surface area contributed by atoms with Crippen LogP contribution in [0.4, 0.5) is 0 Å². The third kappa shape index (κ3) is 5.75. The van der Waals surface area contributed by atoms with Crippen molar-refractivity contribution in [2.24, 2.45) is 0 Å². The maximum atomic E-state index is 10.4. The fraction of sp³-hybridized carbons (Fsp3) is 0.727. The van der Waals surface area contributed by atoms with Crippen molar-refractivity contribution in [1.29, 1.82) is 0 Å². The summed E-state index contributed by atoms with van der Waals surface area (Å²) in [5, 5.41) is 8.58. The quantitative estimate of drug-likeness (QED) is 0.613. The molecule has 3 heteroatoms. The van der Waals surface area contributed by atoms with Gasteiger partial charge < -0.3 is 9.84 Å². The minimum atomic E-state index is -0.894. The minimum Gasteiger partial charge on any atom is -0.478 e. The van der Waals surface area contributed by atoms with Gasteiger partial charge in [-0.25, -0.2) is 4.79 Å². The molecule has 1 atom stereocenters. The third-order valence-electron chi connectivity index (χ3n) is 2.16. The number of hydrogen-bond acceptors (Lipinski definition) is 2. The first-order valence-electron chi connectivity index (χ1n) is 5.14. The van der Waals surface area contributed by atoms with E-state index in [2.05, 4.69) is 13.5 Å². The molecule has 0 fully saturated rings. The van der Waals surface area contributed by atoms with Gasteiger partial charge >= 0.3 is 5.97 Å². The second kappa shape index (κ2) is 7.56. The molecule has 82 valence electrons. The van der Waals surface area contributed by atoms with Crippen molar-refractivity contribution in [1.82, 2.24) is 0 Å². The van der Waals surface area contributed by atoms with Gasteiger partial charge in [-0.15, -0.1) is 0 Å². The van der Waals surface area contributed by atoms with Crippen LogP contribution in [0.15, 0.2) is 12.2 Å². The summed E-state index contributed by atoms with van der Waals surface area (Å²) in [4.78, 5) is 10.4. The summed E-state index contributed by atoms with van der Waals surface area (Å²) in [7, 11) is 0. The summed E-state index contributed by atoms with van der Waals surface area (Å²) < 4.78 is 5.46. The zero-order chi connectivity index (χ0) is 11.0. The van der Waals surface area contributed by atoms with Crippen LogP contribution in [-0.2, 0) is 9.53 Å². The first-order chi connectivity index (χ1) is 6.61. The van der Waals surface area contributed by atoms with Crippen LogP contribution in [0.1, 0.15) is 39.5 Å². The number of rotatable bonds is 8. The second-order valence-corrected chi connectivity index (χ2v) is 3.29.